The Kier molecular flexibility index (Phi) is 4.52. The normalized spacial score (nSPS) is 15.1. The van der Waals surface area contributed by atoms with Crippen LogP contribution in [-0.4, -0.2) is 27.1 Å². The quantitative estimate of drug-likeness (QED) is 0.713. The summed E-state index contributed by atoms with van der Waals surface area (Å²) >= 11 is 0. The molecule has 3 aromatic rings. The second-order valence-electron chi connectivity index (χ2n) is 6.82. The summed E-state index contributed by atoms with van der Waals surface area (Å²) < 4.78 is 0. The third kappa shape index (κ3) is 3.52. The Morgan fingerprint density at radius 1 is 1.04 bits per heavy atom. The second kappa shape index (κ2) is 7.12. The number of rotatable bonds is 4. The van der Waals surface area contributed by atoms with E-state index in [0.717, 1.165) is 16.9 Å². The lowest BCUT2D eigenvalue weighted by molar-refractivity contribution is 0.0697. The van der Waals surface area contributed by atoms with Crippen molar-refractivity contribution in [3.8, 4) is 11.3 Å². The van der Waals surface area contributed by atoms with Crippen molar-refractivity contribution < 1.29 is 9.90 Å². The van der Waals surface area contributed by atoms with Crippen molar-refractivity contribution >= 4 is 22.7 Å². The van der Waals surface area contributed by atoms with Gasteiger partial charge in [0.1, 0.15) is 0 Å². The number of aromatic carboxylic acids is 1. The van der Waals surface area contributed by atoms with Crippen molar-refractivity contribution in [2.75, 3.05) is 5.32 Å². The summed E-state index contributed by atoms with van der Waals surface area (Å²) in [4.78, 5) is 20.1. The third-order valence-electron chi connectivity index (χ3n) is 4.92. The average molecular weight is 347 g/mol. The van der Waals surface area contributed by atoms with Crippen LogP contribution in [0.3, 0.4) is 0 Å². The molecule has 5 heteroatoms. The number of aromatic nitrogens is 2. The van der Waals surface area contributed by atoms with Gasteiger partial charge in [-0.3, -0.25) is 4.98 Å². The molecule has 1 fully saturated rings. The van der Waals surface area contributed by atoms with Crippen LogP contribution in [0.2, 0.25) is 0 Å². The van der Waals surface area contributed by atoms with Gasteiger partial charge >= 0.3 is 5.97 Å². The zero-order valence-electron chi connectivity index (χ0n) is 14.5. The molecule has 0 atom stereocenters. The van der Waals surface area contributed by atoms with E-state index < -0.39 is 5.97 Å². The summed E-state index contributed by atoms with van der Waals surface area (Å²) in [5, 5.41) is 12.7. The largest absolute Gasteiger partial charge is 0.478 e. The van der Waals surface area contributed by atoms with E-state index in [4.69, 9.17) is 5.11 Å². The van der Waals surface area contributed by atoms with Gasteiger partial charge in [-0.15, -0.1) is 0 Å². The summed E-state index contributed by atoms with van der Waals surface area (Å²) in [6.07, 6.45) is 8.09. The van der Waals surface area contributed by atoms with E-state index in [-0.39, 0.29) is 5.56 Å². The third-order valence-corrected chi connectivity index (χ3v) is 4.92. The van der Waals surface area contributed by atoms with Gasteiger partial charge in [-0.05, 0) is 43.2 Å². The molecule has 0 radical (unpaired) electrons. The summed E-state index contributed by atoms with van der Waals surface area (Å²) in [6, 6.07) is 13.6. The maximum absolute atomic E-state index is 11.1. The number of carbonyl (C=O) groups is 1. The van der Waals surface area contributed by atoms with Gasteiger partial charge in [-0.1, -0.05) is 31.4 Å². The van der Waals surface area contributed by atoms with E-state index in [1.807, 2.05) is 12.1 Å². The van der Waals surface area contributed by atoms with Crippen molar-refractivity contribution in [3.05, 3.63) is 54.2 Å². The Bertz CT molecular complexity index is 949. The molecule has 1 heterocycles. The molecule has 0 saturated heterocycles. The second-order valence-corrected chi connectivity index (χ2v) is 6.82. The smallest absolute Gasteiger partial charge is 0.335 e. The molecule has 1 aliphatic rings. The van der Waals surface area contributed by atoms with Crippen LogP contribution in [0.15, 0.2) is 48.7 Å². The van der Waals surface area contributed by atoms with Crippen LogP contribution in [0.1, 0.15) is 42.5 Å². The summed E-state index contributed by atoms with van der Waals surface area (Å²) in [5.74, 6) is -0.959. The van der Waals surface area contributed by atoms with Gasteiger partial charge in [0.25, 0.3) is 0 Å². The van der Waals surface area contributed by atoms with E-state index in [2.05, 4.69) is 27.4 Å². The fraction of sp³-hybridized carbons (Fsp3) is 0.286. The molecular weight excluding hydrogens is 326 g/mol. The highest BCUT2D eigenvalue weighted by Gasteiger charge is 2.13. The van der Waals surface area contributed by atoms with Gasteiger partial charge in [-0.2, -0.15) is 0 Å². The van der Waals surface area contributed by atoms with Gasteiger partial charge in [-0.25, -0.2) is 9.78 Å². The minimum Gasteiger partial charge on any atom is -0.478 e. The SMILES string of the molecule is O=C(O)c1ccc2nc(-c3cccc(NC4CCCCC4)c3)cnc2c1. The number of nitrogens with zero attached hydrogens (tertiary/aromatic N) is 2. The van der Waals surface area contributed by atoms with Crippen LogP contribution < -0.4 is 5.32 Å². The molecule has 2 aromatic carbocycles. The van der Waals surface area contributed by atoms with E-state index in [9.17, 15) is 4.79 Å². The van der Waals surface area contributed by atoms with Crippen molar-refractivity contribution in [1.29, 1.82) is 0 Å². The van der Waals surface area contributed by atoms with Crippen LogP contribution in [-0.2, 0) is 0 Å². The number of benzene rings is 2. The highest BCUT2D eigenvalue weighted by molar-refractivity contribution is 5.92. The maximum Gasteiger partial charge on any atom is 0.335 e. The van der Waals surface area contributed by atoms with Crippen LogP contribution in [0, 0.1) is 0 Å². The molecule has 0 amide bonds. The first-order valence-electron chi connectivity index (χ1n) is 9.06. The van der Waals surface area contributed by atoms with Crippen molar-refractivity contribution in [3.63, 3.8) is 0 Å². The molecule has 132 valence electrons. The Balaban J connectivity index is 1.61. The predicted octanol–water partition coefficient (Wildman–Crippen LogP) is 4.74. The molecule has 1 saturated carbocycles. The topological polar surface area (TPSA) is 75.1 Å². The molecule has 0 bridgehead atoms. The van der Waals surface area contributed by atoms with Gasteiger partial charge < -0.3 is 10.4 Å². The first-order valence-corrected chi connectivity index (χ1v) is 9.06. The standard InChI is InChI=1S/C21H21N3O2/c25-21(26)15-9-10-18-19(12-15)22-13-20(24-18)14-5-4-8-17(11-14)23-16-6-2-1-3-7-16/h4-5,8-13,16,23H,1-3,6-7H2,(H,25,26). The fourth-order valence-corrected chi connectivity index (χ4v) is 3.53. The number of hydrogen-bond donors (Lipinski definition) is 2. The van der Waals surface area contributed by atoms with Gasteiger partial charge in [0.2, 0.25) is 0 Å². The van der Waals surface area contributed by atoms with Crippen molar-refractivity contribution in [1.82, 2.24) is 9.97 Å². The molecular formula is C21H21N3O2. The first kappa shape index (κ1) is 16.5. The molecule has 2 N–H and O–H groups in total. The van der Waals surface area contributed by atoms with Crippen LogP contribution >= 0.6 is 0 Å². The molecule has 5 nitrogen and oxygen atoms in total. The number of carboxylic acid groups (broad SMARTS) is 1. The van der Waals surface area contributed by atoms with E-state index >= 15 is 0 Å². The van der Waals surface area contributed by atoms with Crippen LogP contribution in [0.4, 0.5) is 5.69 Å². The lowest BCUT2D eigenvalue weighted by atomic mass is 9.95. The zero-order valence-corrected chi connectivity index (χ0v) is 14.5. The van der Waals surface area contributed by atoms with Gasteiger partial charge in [0.15, 0.2) is 0 Å². The highest BCUT2D eigenvalue weighted by Crippen LogP contribution is 2.26. The minimum atomic E-state index is -0.959. The first-order chi connectivity index (χ1) is 12.7. The number of carboxylic acids is 1. The number of hydrogen-bond acceptors (Lipinski definition) is 4. The highest BCUT2D eigenvalue weighted by atomic mass is 16.4. The number of anilines is 1. The molecule has 0 spiro atoms. The van der Waals surface area contributed by atoms with Crippen LogP contribution in [0.25, 0.3) is 22.3 Å². The van der Waals surface area contributed by atoms with E-state index in [0.29, 0.717) is 17.1 Å². The summed E-state index contributed by atoms with van der Waals surface area (Å²) in [5.41, 5.74) is 4.40. The Labute approximate surface area is 152 Å². The molecule has 26 heavy (non-hydrogen) atoms. The Hall–Kier alpha value is -2.95. The average Bonchev–Trinajstić information content (AvgIpc) is 2.68. The summed E-state index contributed by atoms with van der Waals surface area (Å²) in [6.45, 7) is 0. The van der Waals surface area contributed by atoms with Crippen molar-refractivity contribution in [2.24, 2.45) is 0 Å². The maximum atomic E-state index is 11.1. The molecule has 0 aliphatic heterocycles. The fourth-order valence-electron chi connectivity index (χ4n) is 3.53. The minimum absolute atomic E-state index is 0.221. The Morgan fingerprint density at radius 3 is 2.69 bits per heavy atom. The summed E-state index contributed by atoms with van der Waals surface area (Å²) in [7, 11) is 0. The predicted molar refractivity (Wildman–Crippen MR) is 102 cm³/mol. The number of nitrogens with one attached hydrogen (secondary N) is 1. The van der Waals surface area contributed by atoms with E-state index in [1.54, 1.807) is 24.4 Å². The lowest BCUT2D eigenvalue weighted by Gasteiger charge is -2.24. The molecule has 1 aliphatic carbocycles. The van der Waals surface area contributed by atoms with E-state index in [1.165, 1.54) is 32.1 Å². The van der Waals surface area contributed by atoms with Crippen molar-refractivity contribution in [2.45, 2.75) is 38.1 Å². The van der Waals surface area contributed by atoms with Gasteiger partial charge in [0, 0.05) is 17.3 Å². The molecule has 4 rings (SSSR count). The van der Waals surface area contributed by atoms with Gasteiger partial charge in [0.05, 0.1) is 28.5 Å². The monoisotopic (exact) mass is 347 g/mol. The van der Waals surface area contributed by atoms with Crippen LogP contribution in [0.5, 0.6) is 0 Å². The lowest BCUT2D eigenvalue weighted by Crippen LogP contribution is -2.22. The zero-order chi connectivity index (χ0) is 17.9. The molecule has 0 unspecified atom stereocenters. The Morgan fingerprint density at radius 2 is 1.88 bits per heavy atom. The molecule has 1 aromatic heterocycles. The number of fused-ring (bicyclic) bond motifs is 1.